The first-order chi connectivity index (χ1) is 6.74. The highest BCUT2D eigenvalue weighted by Gasteiger charge is 1.98. The van der Waals surface area contributed by atoms with Crippen molar-refractivity contribution in [3.63, 3.8) is 0 Å². The van der Waals surface area contributed by atoms with Crippen LogP contribution in [0.5, 0.6) is 0 Å². The van der Waals surface area contributed by atoms with Gasteiger partial charge in [0.15, 0.2) is 6.29 Å². The smallest absolute Gasteiger partial charge is 0.316 e. The summed E-state index contributed by atoms with van der Waals surface area (Å²) in [6.07, 6.45) is 1.94. The van der Waals surface area contributed by atoms with Gasteiger partial charge in [0.2, 0.25) is 0 Å². The van der Waals surface area contributed by atoms with Crippen molar-refractivity contribution < 1.29 is 9.59 Å². The third-order valence-corrected chi connectivity index (χ3v) is 1.60. The quantitative estimate of drug-likeness (QED) is 0.549. The molecule has 0 atom stereocenters. The lowest BCUT2D eigenvalue weighted by molar-refractivity contribution is -0.103. The summed E-state index contributed by atoms with van der Waals surface area (Å²) in [5.41, 5.74) is 5.97. The van der Waals surface area contributed by atoms with Crippen LogP contribution >= 0.6 is 0 Å². The zero-order valence-corrected chi connectivity index (χ0v) is 7.44. The molecular weight excluding hydrogens is 180 g/mol. The van der Waals surface area contributed by atoms with Gasteiger partial charge < -0.3 is 11.1 Å². The van der Waals surface area contributed by atoms with Gasteiger partial charge in [0.05, 0.1) is 0 Å². The van der Waals surface area contributed by atoms with Crippen LogP contribution in [0.2, 0.25) is 0 Å². The van der Waals surface area contributed by atoms with Gasteiger partial charge in [-0.1, -0.05) is 30.3 Å². The zero-order chi connectivity index (χ0) is 10.4. The van der Waals surface area contributed by atoms with Crippen molar-refractivity contribution in [3.8, 4) is 0 Å². The molecule has 0 aromatic heterocycles. The number of rotatable bonds is 3. The number of carbonyl (C=O) groups excluding carboxylic acids is 2. The summed E-state index contributed by atoms with van der Waals surface area (Å²) in [5.74, 6) is 0. The number of urea groups is 1. The molecule has 2 amide bonds. The fraction of sp³-hybridized carbons (Fsp3) is 0. The standard InChI is InChI=1S/C10H10N2O2/c11-10(14)12-6-9(7-13)8-4-2-1-3-5-8/h1-7H,(H3,11,12,14). The van der Waals surface area contributed by atoms with Crippen molar-refractivity contribution >= 4 is 17.9 Å². The minimum absolute atomic E-state index is 0.379. The Balaban J connectivity index is 2.87. The van der Waals surface area contributed by atoms with E-state index >= 15 is 0 Å². The first kappa shape index (κ1) is 9.98. The molecule has 0 spiro atoms. The Hall–Kier alpha value is -2.10. The number of benzene rings is 1. The molecule has 1 rings (SSSR count). The van der Waals surface area contributed by atoms with Crippen LogP contribution in [-0.2, 0) is 4.79 Å². The molecule has 3 N–H and O–H groups in total. The van der Waals surface area contributed by atoms with Gasteiger partial charge in [0.25, 0.3) is 0 Å². The average Bonchev–Trinajstić information content (AvgIpc) is 2.20. The summed E-state index contributed by atoms with van der Waals surface area (Å²) in [6.45, 7) is 0. The van der Waals surface area contributed by atoms with Crippen molar-refractivity contribution in [1.29, 1.82) is 0 Å². The number of aldehydes is 1. The van der Waals surface area contributed by atoms with Gasteiger partial charge in [-0.2, -0.15) is 0 Å². The molecule has 0 heterocycles. The third-order valence-electron chi connectivity index (χ3n) is 1.60. The molecule has 0 aliphatic carbocycles. The van der Waals surface area contributed by atoms with E-state index in [1.54, 1.807) is 24.3 Å². The maximum absolute atomic E-state index is 10.7. The first-order valence-corrected chi connectivity index (χ1v) is 4.01. The molecule has 0 saturated heterocycles. The number of amides is 2. The van der Waals surface area contributed by atoms with E-state index in [2.05, 4.69) is 5.32 Å². The van der Waals surface area contributed by atoms with Crippen molar-refractivity contribution in [3.05, 3.63) is 42.1 Å². The van der Waals surface area contributed by atoms with Gasteiger partial charge in [0, 0.05) is 11.8 Å². The monoisotopic (exact) mass is 190 g/mol. The van der Waals surface area contributed by atoms with Gasteiger partial charge >= 0.3 is 6.03 Å². The second-order valence-electron chi connectivity index (χ2n) is 2.59. The molecule has 0 aliphatic rings. The lowest BCUT2D eigenvalue weighted by Crippen LogP contribution is -2.24. The molecule has 0 aliphatic heterocycles. The predicted molar refractivity (Wildman–Crippen MR) is 53.2 cm³/mol. The van der Waals surface area contributed by atoms with Crippen LogP contribution in [0.15, 0.2) is 36.5 Å². The van der Waals surface area contributed by atoms with Gasteiger partial charge in [-0.25, -0.2) is 4.79 Å². The normalized spacial score (nSPS) is 10.7. The molecule has 72 valence electrons. The van der Waals surface area contributed by atoms with Gasteiger partial charge in [-0.15, -0.1) is 0 Å². The van der Waals surface area contributed by atoms with Gasteiger partial charge in [-0.05, 0) is 5.56 Å². The molecule has 0 bridgehead atoms. The van der Waals surface area contributed by atoms with Crippen LogP contribution in [0, 0.1) is 0 Å². The average molecular weight is 190 g/mol. The third kappa shape index (κ3) is 2.75. The van der Waals surface area contributed by atoms with Crippen LogP contribution in [0.25, 0.3) is 5.57 Å². The molecule has 0 unspecified atom stereocenters. The molecule has 0 radical (unpaired) electrons. The molecule has 14 heavy (non-hydrogen) atoms. The fourth-order valence-electron chi connectivity index (χ4n) is 0.965. The Morgan fingerprint density at radius 1 is 1.29 bits per heavy atom. The van der Waals surface area contributed by atoms with Gasteiger partial charge in [0.1, 0.15) is 0 Å². The van der Waals surface area contributed by atoms with E-state index in [0.29, 0.717) is 11.9 Å². The van der Waals surface area contributed by atoms with Crippen LogP contribution in [0.1, 0.15) is 5.56 Å². The number of hydrogen-bond donors (Lipinski definition) is 2. The number of nitrogens with one attached hydrogen (secondary N) is 1. The minimum atomic E-state index is -0.694. The van der Waals surface area contributed by atoms with Crippen LogP contribution in [0.4, 0.5) is 4.79 Å². The molecule has 1 aromatic rings. The summed E-state index contributed by atoms with van der Waals surface area (Å²) in [4.78, 5) is 21.1. The molecule has 1 aromatic carbocycles. The van der Waals surface area contributed by atoms with E-state index in [9.17, 15) is 9.59 Å². The Morgan fingerprint density at radius 3 is 2.43 bits per heavy atom. The van der Waals surface area contributed by atoms with Crippen molar-refractivity contribution in [2.45, 2.75) is 0 Å². The van der Waals surface area contributed by atoms with Gasteiger partial charge in [-0.3, -0.25) is 4.79 Å². The highest BCUT2D eigenvalue weighted by atomic mass is 16.2. The van der Waals surface area contributed by atoms with Crippen LogP contribution < -0.4 is 11.1 Å². The Labute approximate surface area is 81.4 Å². The second-order valence-corrected chi connectivity index (χ2v) is 2.59. The summed E-state index contributed by atoms with van der Waals surface area (Å²) in [5, 5.41) is 2.24. The van der Waals surface area contributed by atoms with E-state index in [1.807, 2.05) is 6.07 Å². The summed E-state index contributed by atoms with van der Waals surface area (Å²) >= 11 is 0. The summed E-state index contributed by atoms with van der Waals surface area (Å²) in [7, 11) is 0. The van der Waals surface area contributed by atoms with Crippen LogP contribution in [-0.4, -0.2) is 12.3 Å². The number of allylic oxidation sites excluding steroid dienone is 1. The second kappa shape index (κ2) is 4.81. The van der Waals surface area contributed by atoms with Crippen LogP contribution in [0.3, 0.4) is 0 Å². The Kier molecular flexibility index (Phi) is 3.43. The largest absolute Gasteiger partial charge is 0.351 e. The predicted octanol–water partition coefficient (Wildman–Crippen LogP) is 0.895. The molecule has 0 fully saturated rings. The van der Waals surface area contributed by atoms with Crippen molar-refractivity contribution in [2.24, 2.45) is 5.73 Å². The topological polar surface area (TPSA) is 72.2 Å². The van der Waals surface area contributed by atoms with Crippen molar-refractivity contribution in [1.82, 2.24) is 5.32 Å². The molecular formula is C10H10N2O2. The number of primary amides is 1. The van der Waals surface area contributed by atoms with Crippen molar-refractivity contribution in [2.75, 3.05) is 0 Å². The highest BCUT2D eigenvalue weighted by Crippen LogP contribution is 2.09. The first-order valence-electron chi connectivity index (χ1n) is 4.01. The SMILES string of the molecule is NC(=O)NC=C(C=O)c1ccccc1. The lowest BCUT2D eigenvalue weighted by Gasteiger charge is -1.99. The molecule has 4 nitrogen and oxygen atoms in total. The number of hydrogen-bond acceptors (Lipinski definition) is 2. The van der Waals surface area contributed by atoms with E-state index in [-0.39, 0.29) is 0 Å². The molecule has 0 saturated carbocycles. The number of nitrogens with two attached hydrogens (primary N) is 1. The maximum Gasteiger partial charge on any atom is 0.316 e. The molecule has 4 heteroatoms. The zero-order valence-electron chi connectivity index (χ0n) is 7.44. The van der Waals surface area contributed by atoms with E-state index in [4.69, 9.17) is 5.73 Å². The van der Waals surface area contributed by atoms with E-state index in [0.717, 1.165) is 5.56 Å². The van der Waals surface area contributed by atoms with E-state index in [1.165, 1.54) is 6.20 Å². The maximum atomic E-state index is 10.7. The highest BCUT2D eigenvalue weighted by molar-refractivity contribution is 6.07. The Morgan fingerprint density at radius 2 is 1.93 bits per heavy atom. The van der Waals surface area contributed by atoms with E-state index < -0.39 is 6.03 Å². The Bertz CT molecular complexity index is 358. The lowest BCUT2D eigenvalue weighted by atomic mass is 10.1. The minimum Gasteiger partial charge on any atom is -0.351 e. The summed E-state index contributed by atoms with van der Waals surface area (Å²) < 4.78 is 0. The number of carbonyl (C=O) groups is 2. The summed E-state index contributed by atoms with van der Waals surface area (Å²) in [6, 6.07) is 8.29. The fourth-order valence-corrected chi connectivity index (χ4v) is 0.965.